The highest BCUT2D eigenvalue weighted by atomic mass is 16.5. The van der Waals surface area contributed by atoms with E-state index in [0.717, 1.165) is 30.7 Å². The molecule has 110 valence electrons. The fraction of sp³-hybridized carbons (Fsp3) is 0.316. The zero-order valence-electron chi connectivity index (χ0n) is 12.7. The van der Waals surface area contributed by atoms with E-state index in [0.29, 0.717) is 6.61 Å². The lowest BCUT2D eigenvalue weighted by Gasteiger charge is -2.02. The summed E-state index contributed by atoms with van der Waals surface area (Å²) in [5.74, 6) is 0.914. The Bertz CT molecular complexity index is 531. The van der Waals surface area contributed by atoms with Crippen LogP contribution < -0.4 is 4.74 Å². The minimum atomic E-state index is 0.703. The van der Waals surface area contributed by atoms with Gasteiger partial charge in [-0.1, -0.05) is 30.3 Å². The van der Waals surface area contributed by atoms with Gasteiger partial charge in [-0.2, -0.15) is 0 Å². The molecule has 0 aliphatic carbocycles. The van der Waals surface area contributed by atoms with Crippen LogP contribution in [0.2, 0.25) is 0 Å². The van der Waals surface area contributed by atoms with E-state index >= 15 is 0 Å². The molecule has 0 radical (unpaired) electrons. The van der Waals surface area contributed by atoms with Crippen LogP contribution in [0.4, 0.5) is 0 Å². The molecule has 0 saturated carbocycles. The lowest BCUT2D eigenvalue weighted by Crippen LogP contribution is -1.92. The number of ether oxygens (including phenoxy) is 1. The fourth-order valence-corrected chi connectivity index (χ4v) is 2.16. The van der Waals surface area contributed by atoms with Gasteiger partial charge in [0.1, 0.15) is 5.75 Å². The maximum atomic E-state index is 5.42. The van der Waals surface area contributed by atoms with Gasteiger partial charge in [-0.05, 0) is 61.6 Å². The second kappa shape index (κ2) is 8.96. The van der Waals surface area contributed by atoms with Crippen molar-refractivity contribution in [1.82, 2.24) is 0 Å². The van der Waals surface area contributed by atoms with Crippen molar-refractivity contribution in [2.45, 2.75) is 26.2 Å². The Balaban J connectivity index is 1.66. The lowest BCUT2D eigenvalue weighted by molar-refractivity contribution is 0.340. The normalized spacial score (nSPS) is 10.9. The third-order valence-electron chi connectivity index (χ3n) is 3.28. The van der Waals surface area contributed by atoms with Gasteiger partial charge in [-0.15, -0.1) is 0 Å². The van der Waals surface area contributed by atoms with Crippen LogP contribution in [0.15, 0.2) is 59.6 Å². The number of unbranched alkanes of at least 4 members (excludes halogenated alkanes) is 1. The molecular weight excluding hydrogens is 258 g/mol. The highest BCUT2D eigenvalue weighted by molar-refractivity contribution is 5.79. The molecule has 2 aromatic rings. The summed E-state index contributed by atoms with van der Waals surface area (Å²) in [7, 11) is 0. The lowest BCUT2D eigenvalue weighted by atomic mass is 10.1. The topological polar surface area (TPSA) is 21.6 Å². The zero-order chi connectivity index (χ0) is 14.8. The standard InChI is InChI=1S/C19H23NO/c1-2-21-19-13-11-18(12-14-19)16-20-15-7-6-10-17-8-4-3-5-9-17/h3-5,8-9,11-14,16H,2,6-7,10,15H2,1H3. The van der Waals surface area contributed by atoms with E-state index in [4.69, 9.17) is 4.74 Å². The molecule has 0 aliphatic heterocycles. The zero-order valence-corrected chi connectivity index (χ0v) is 12.7. The van der Waals surface area contributed by atoms with Crippen LogP contribution in [0.1, 0.15) is 30.9 Å². The molecule has 0 amide bonds. The number of benzene rings is 2. The Morgan fingerprint density at radius 2 is 1.71 bits per heavy atom. The number of hydrogen-bond donors (Lipinski definition) is 0. The maximum Gasteiger partial charge on any atom is 0.119 e. The largest absolute Gasteiger partial charge is 0.494 e. The Kier molecular flexibility index (Phi) is 6.53. The van der Waals surface area contributed by atoms with Crippen LogP contribution in [-0.2, 0) is 6.42 Å². The summed E-state index contributed by atoms with van der Waals surface area (Å²) in [6, 6.07) is 18.7. The van der Waals surface area contributed by atoms with E-state index in [2.05, 4.69) is 35.3 Å². The summed E-state index contributed by atoms with van der Waals surface area (Å²) >= 11 is 0. The van der Waals surface area contributed by atoms with Crippen LogP contribution in [0, 0.1) is 0 Å². The fourth-order valence-electron chi connectivity index (χ4n) is 2.16. The van der Waals surface area contributed by atoms with Crippen LogP contribution in [0.5, 0.6) is 5.75 Å². The first kappa shape index (κ1) is 15.3. The summed E-state index contributed by atoms with van der Waals surface area (Å²) < 4.78 is 5.42. The average molecular weight is 281 g/mol. The Morgan fingerprint density at radius 3 is 2.43 bits per heavy atom. The quantitative estimate of drug-likeness (QED) is 0.514. The molecule has 0 bridgehead atoms. The summed E-state index contributed by atoms with van der Waals surface area (Å²) in [6.07, 6.45) is 5.39. The van der Waals surface area contributed by atoms with Crippen LogP contribution >= 0.6 is 0 Å². The van der Waals surface area contributed by atoms with Gasteiger partial charge in [-0.25, -0.2) is 0 Å². The van der Waals surface area contributed by atoms with Crippen molar-refractivity contribution in [1.29, 1.82) is 0 Å². The number of nitrogens with zero attached hydrogens (tertiary/aromatic N) is 1. The van der Waals surface area contributed by atoms with Gasteiger partial charge < -0.3 is 4.74 Å². The molecule has 2 aromatic carbocycles. The van der Waals surface area contributed by atoms with Gasteiger partial charge in [0.05, 0.1) is 6.61 Å². The molecule has 21 heavy (non-hydrogen) atoms. The smallest absolute Gasteiger partial charge is 0.119 e. The molecule has 2 nitrogen and oxygen atoms in total. The molecule has 0 saturated heterocycles. The second-order valence-corrected chi connectivity index (χ2v) is 4.98. The van der Waals surface area contributed by atoms with Gasteiger partial charge in [0, 0.05) is 12.8 Å². The van der Waals surface area contributed by atoms with Gasteiger partial charge in [0.2, 0.25) is 0 Å². The molecule has 2 rings (SSSR count). The molecular formula is C19H23NO. The minimum Gasteiger partial charge on any atom is -0.494 e. The van der Waals surface area contributed by atoms with E-state index in [-0.39, 0.29) is 0 Å². The van der Waals surface area contributed by atoms with Crippen molar-refractivity contribution < 1.29 is 4.74 Å². The summed E-state index contributed by atoms with van der Waals surface area (Å²) in [4.78, 5) is 4.48. The molecule has 0 unspecified atom stereocenters. The third kappa shape index (κ3) is 5.82. The van der Waals surface area contributed by atoms with Crippen molar-refractivity contribution in [3.63, 3.8) is 0 Å². The molecule has 0 spiro atoms. The van der Waals surface area contributed by atoms with E-state index in [1.54, 1.807) is 0 Å². The van der Waals surface area contributed by atoms with Gasteiger partial charge in [0.25, 0.3) is 0 Å². The molecule has 0 N–H and O–H groups in total. The van der Waals surface area contributed by atoms with Crippen LogP contribution in [0.25, 0.3) is 0 Å². The monoisotopic (exact) mass is 281 g/mol. The number of aliphatic imine (C=N–C) groups is 1. The van der Waals surface area contributed by atoms with Gasteiger partial charge in [0.15, 0.2) is 0 Å². The average Bonchev–Trinajstić information content (AvgIpc) is 2.53. The second-order valence-electron chi connectivity index (χ2n) is 4.98. The number of hydrogen-bond acceptors (Lipinski definition) is 2. The number of aryl methyl sites for hydroxylation is 1. The van der Waals surface area contributed by atoms with Crippen molar-refractivity contribution in [3.05, 3.63) is 65.7 Å². The summed E-state index contributed by atoms with van der Waals surface area (Å²) in [5.41, 5.74) is 2.54. The molecule has 0 aliphatic rings. The Hall–Kier alpha value is -2.09. The van der Waals surface area contributed by atoms with Crippen molar-refractivity contribution in [2.24, 2.45) is 4.99 Å². The molecule has 0 heterocycles. The van der Waals surface area contributed by atoms with Crippen LogP contribution in [-0.4, -0.2) is 19.4 Å². The SMILES string of the molecule is CCOc1ccc(C=NCCCCc2ccccc2)cc1. The van der Waals surface area contributed by atoms with E-state index in [1.807, 2.05) is 37.4 Å². The highest BCUT2D eigenvalue weighted by Gasteiger charge is 1.93. The first-order valence-corrected chi connectivity index (χ1v) is 7.65. The molecule has 0 aromatic heterocycles. The Labute approximate surface area is 127 Å². The molecule has 0 fully saturated rings. The Morgan fingerprint density at radius 1 is 0.952 bits per heavy atom. The first-order valence-electron chi connectivity index (χ1n) is 7.65. The van der Waals surface area contributed by atoms with Crippen molar-refractivity contribution in [3.8, 4) is 5.75 Å². The third-order valence-corrected chi connectivity index (χ3v) is 3.28. The van der Waals surface area contributed by atoms with E-state index in [9.17, 15) is 0 Å². The molecule has 0 atom stereocenters. The van der Waals surface area contributed by atoms with E-state index < -0.39 is 0 Å². The predicted molar refractivity (Wildman–Crippen MR) is 89.5 cm³/mol. The predicted octanol–water partition coefficient (Wildman–Crippen LogP) is 4.53. The highest BCUT2D eigenvalue weighted by Crippen LogP contribution is 2.11. The first-order chi connectivity index (χ1) is 10.4. The van der Waals surface area contributed by atoms with E-state index in [1.165, 1.54) is 12.0 Å². The maximum absolute atomic E-state index is 5.42. The van der Waals surface area contributed by atoms with Gasteiger partial charge >= 0.3 is 0 Å². The number of rotatable bonds is 8. The van der Waals surface area contributed by atoms with Crippen molar-refractivity contribution in [2.75, 3.05) is 13.2 Å². The van der Waals surface area contributed by atoms with Crippen molar-refractivity contribution >= 4 is 6.21 Å². The minimum absolute atomic E-state index is 0.703. The molecule has 2 heteroatoms. The van der Waals surface area contributed by atoms with Crippen LogP contribution in [0.3, 0.4) is 0 Å². The summed E-state index contributed by atoms with van der Waals surface area (Å²) in [6.45, 7) is 3.58. The summed E-state index contributed by atoms with van der Waals surface area (Å²) in [5, 5.41) is 0. The van der Waals surface area contributed by atoms with Gasteiger partial charge in [-0.3, -0.25) is 4.99 Å².